The van der Waals surface area contributed by atoms with Gasteiger partial charge in [-0.05, 0) is 29.9 Å². The molecule has 0 radical (unpaired) electrons. The second kappa shape index (κ2) is 7.92. The van der Waals surface area contributed by atoms with E-state index in [9.17, 15) is 14.9 Å². The Hall–Kier alpha value is -2.70. The molecular formula is C18H24N4O3. The van der Waals surface area contributed by atoms with Gasteiger partial charge in [0.1, 0.15) is 6.20 Å². The summed E-state index contributed by atoms with van der Waals surface area (Å²) in [4.78, 5) is 23.0. The van der Waals surface area contributed by atoms with Crippen LogP contribution in [0.3, 0.4) is 0 Å². The van der Waals surface area contributed by atoms with Gasteiger partial charge in [0, 0.05) is 7.05 Å². The van der Waals surface area contributed by atoms with Crippen LogP contribution in [0.1, 0.15) is 67.2 Å². The number of hydrogen-bond donors (Lipinski definition) is 1. The van der Waals surface area contributed by atoms with Crippen molar-refractivity contribution in [3.8, 4) is 0 Å². The fourth-order valence-electron chi connectivity index (χ4n) is 2.76. The van der Waals surface area contributed by atoms with Gasteiger partial charge >= 0.3 is 5.69 Å². The van der Waals surface area contributed by atoms with Crippen molar-refractivity contribution in [2.75, 3.05) is 0 Å². The van der Waals surface area contributed by atoms with Crippen molar-refractivity contribution >= 4 is 11.6 Å². The summed E-state index contributed by atoms with van der Waals surface area (Å²) in [5.41, 5.74) is 1.91. The Bertz CT molecular complexity index is 752. The summed E-state index contributed by atoms with van der Waals surface area (Å²) in [5.74, 6) is -0.00892. The Kier molecular flexibility index (Phi) is 5.90. The molecule has 1 aromatic heterocycles. The van der Waals surface area contributed by atoms with Crippen molar-refractivity contribution in [2.45, 2.75) is 45.6 Å². The molecule has 0 fully saturated rings. The van der Waals surface area contributed by atoms with Gasteiger partial charge in [0.25, 0.3) is 5.91 Å². The van der Waals surface area contributed by atoms with Crippen LogP contribution >= 0.6 is 0 Å². The minimum Gasteiger partial charge on any atom is -0.344 e. The zero-order valence-electron chi connectivity index (χ0n) is 15.0. The molecule has 7 nitrogen and oxygen atoms in total. The molecular weight excluding hydrogens is 320 g/mol. The maximum absolute atomic E-state index is 12.5. The number of benzene rings is 1. The molecule has 0 aliphatic heterocycles. The van der Waals surface area contributed by atoms with Gasteiger partial charge in [-0.25, -0.2) is 0 Å². The Morgan fingerprint density at radius 2 is 1.84 bits per heavy atom. The van der Waals surface area contributed by atoms with Crippen molar-refractivity contribution in [3.63, 3.8) is 0 Å². The lowest BCUT2D eigenvalue weighted by Gasteiger charge is -2.18. The molecule has 25 heavy (non-hydrogen) atoms. The summed E-state index contributed by atoms with van der Waals surface area (Å²) in [7, 11) is 1.52. The van der Waals surface area contributed by atoms with Crippen LogP contribution in [0.25, 0.3) is 0 Å². The van der Waals surface area contributed by atoms with E-state index in [1.807, 2.05) is 19.1 Å². The van der Waals surface area contributed by atoms with E-state index in [-0.39, 0.29) is 17.4 Å². The number of nitrogens with one attached hydrogen (secondary N) is 1. The number of nitrogens with zero attached hydrogens (tertiary/aromatic N) is 3. The number of nitro groups is 1. The molecule has 2 atom stereocenters. The first-order valence-corrected chi connectivity index (χ1v) is 8.46. The third-order valence-electron chi connectivity index (χ3n) is 4.57. The van der Waals surface area contributed by atoms with Gasteiger partial charge in [-0.15, -0.1) is 0 Å². The van der Waals surface area contributed by atoms with Gasteiger partial charge in [0.2, 0.25) is 5.69 Å². The van der Waals surface area contributed by atoms with E-state index in [1.165, 1.54) is 17.3 Å². The first-order valence-electron chi connectivity index (χ1n) is 8.46. The lowest BCUT2D eigenvalue weighted by atomic mass is 9.95. The predicted molar refractivity (Wildman–Crippen MR) is 95.5 cm³/mol. The molecule has 2 unspecified atom stereocenters. The molecule has 0 bridgehead atoms. The summed E-state index contributed by atoms with van der Waals surface area (Å²) in [6.45, 7) is 6.29. The Morgan fingerprint density at radius 1 is 1.24 bits per heavy atom. The monoisotopic (exact) mass is 344 g/mol. The highest BCUT2D eigenvalue weighted by atomic mass is 16.6. The highest BCUT2D eigenvalue weighted by Gasteiger charge is 2.27. The average Bonchev–Trinajstić information content (AvgIpc) is 3.01. The molecule has 7 heteroatoms. The summed E-state index contributed by atoms with van der Waals surface area (Å²) in [5, 5.41) is 17.8. The highest BCUT2D eigenvalue weighted by Crippen LogP contribution is 2.24. The quantitative estimate of drug-likeness (QED) is 0.612. The molecule has 1 amide bonds. The van der Waals surface area contributed by atoms with Gasteiger partial charge in [0.05, 0.1) is 11.0 Å². The minimum absolute atomic E-state index is 0.0420. The van der Waals surface area contributed by atoms with Crippen molar-refractivity contribution in [3.05, 3.63) is 57.4 Å². The maximum Gasteiger partial charge on any atom is 0.320 e. The van der Waals surface area contributed by atoms with E-state index >= 15 is 0 Å². The van der Waals surface area contributed by atoms with E-state index in [2.05, 4.69) is 36.4 Å². The van der Waals surface area contributed by atoms with Crippen molar-refractivity contribution in [1.29, 1.82) is 0 Å². The zero-order valence-corrected chi connectivity index (χ0v) is 15.0. The molecule has 2 aromatic rings. The average molecular weight is 344 g/mol. The van der Waals surface area contributed by atoms with Crippen molar-refractivity contribution in [1.82, 2.24) is 15.1 Å². The third kappa shape index (κ3) is 4.04. The number of carbonyl (C=O) groups is 1. The number of aromatic nitrogens is 2. The molecule has 0 saturated carbocycles. The Balaban J connectivity index is 2.21. The van der Waals surface area contributed by atoms with Crippen LogP contribution in [0.15, 0.2) is 30.5 Å². The van der Waals surface area contributed by atoms with Crippen LogP contribution in [0.5, 0.6) is 0 Å². The largest absolute Gasteiger partial charge is 0.344 e. The third-order valence-corrected chi connectivity index (χ3v) is 4.57. The fraction of sp³-hybridized carbons (Fsp3) is 0.444. The summed E-state index contributed by atoms with van der Waals surface area (Å²) >= 11 is 0. The second-order valence-corrected chi connectivity index (χ2v) is 6.17. The molecule has 2 rings (SSSR count). The van der Waals surface area contributed by atoms with Crippen LogP contribution in [0, 0.1) is 10.1 Å². The van der Waals surface area contributed by atoms with Crippen LogP contribution in [0.4, 0.5) is 5.69 Å². The summed E-state index contributed by atoms with van der Waals surface area (Å²) in [6, 6.07) is 7.95. The molecule has 1 aromatic carbocycles. The molecule has 0 spiro atoms. The fourth-order valence-corrected chi connectivity index (χ4v) is 2.76. The van der Waals surface area contributed by atoms with Gasteiger partial charge in [-0.1, -0.05) is 45.0 Å². The first-order chi connectivity index (χ1) is 11.9. The topological polar surface area (TPSA) is 90.1 Å². The van der Waals surface area contributed by atoms with E-state index in [0.29, 0.717) is 12.3 Å². The number of aryl methyl sites for hydroxylation is 1. The summed E-state index contributed by atoms with van der Waals surface area (Å²) in [6.07, 6.45) is 2.84. The van der Waals surface area contributed by atoms with Crippen LogP contribution in [-0.4, -0.2) is 20.6 Å². The number of carbonyl (C=O) groups excluding carboxylic acids is 1. The maximum atomic E-state index is 12.5. The Labute approximate surface area is 147 Å². The number of rotatable bonds is 7. The van der Waals surface area contributed by atoms with Gasteiger partial charge in [0.15, 0.2) is 0 Å². The number of hydrogen-bond acceptors (Lipinski definition) is 4. The van der Waals surface area contributed by atoms with Gasteiger partial charge in [-0.2, -0.15) is 5.10 Å². The lowest BCUT2D eigenvalue weighted by molar-refractivity contribution is -0.385. The molecule has 1 heterocycles. The highest BCUT2D eigenvalue weighted by molar-refractivity contribution is 5.96. The van der Waals surface area contributed by atoms with Crippen LogP contribution in [0.2, 0.25) is 0 Å². The van der Waals surface area contributed by atoms with Gasteiger partial charge in [-0.3, -0.25) is 19.6 Å². The van der Waals surface area contributed by atoms with E-state index < -0.39 is 10.8 Å². The molecule has 0 saturated heterocycles. The predicted octanol–water partition coefficient (Wildman–Crippen LogP) is 3.72. The van der Waals surface area contributed by atoms with E-state index in [4.69, 9.17) is 0 Å². The SMILES string of the molecule is CCC(C)c1ccc(C(CC)NC(=O)c2c([N+](=O)[O-])cnn2C)cc1. The molecule has 134 valence electrons. The van der Waals surface area contributed by atoms with E-state index in [1.54, 1.807) is 0 Å². The van der Waals surface area contributed by atoms with Crippen LogP contribution < -0.4 is 5.32 Å². The zero-order chi connectivity index (χ0) is 18.6. The molecule has 0 aliphatic carbocycles. The van der Waals surface area contributed by atoms with Gasteiger partial charge < -0.3 is 5.32 Å². The van der Waals surface area contributed by atoms with Crippen molar-refractivity contribution in [2.24, 2.45) is 7.05 Å². The normalized spacial score (nSPS) is 13.3. The van der Waals surface area contributed by atoms with Crippen LogP contribution in [-0.2, 0) is 7.05 Å². The molecule has 1 N–H and O–H groups in total. The summed E-state index contributed by atoms with van der Waals surface area (Å²) < 4.78 is 1.23. The smallest absolute Gasteiger partial charge is 0.320 e. The van der Waals surface area contributed by atoms with Crippen molar-refractivity contribution < 1.29 is 9.72 Å². The molecule has 0 aliphatic rings. The van der Waals surface area contributed by atoms with E-state index in [0.717, 1.165) is 18.2 Å². The second-order valence-electron chi connectivity index (χ2n) is 6.17. The number of amides is 1. The Morgan fingerprint density at radius 3 is 2.36 bits per heavy atom. The first kappa shape index (κ1) is 18.6. The lowest BCUT2D eigenvalue weighted by Crippen LogP contribution is -2.30. The minimum atomic E-state index is -0.593. The standard InChI is InChI=1S/C18H24N4O3/c1-5-12(3)13-7-9-14(10-8-13)15(6-2)20-18(23)17-16(22(24)25)11-19-21(17)4/h7-12,15H,5-6H2,1-4H3,(H,20,23).